The topological polar surface area (TPSA) is 84.9 Å². The minimum atomic E-state index is -0.867. The zero-order valence-electron chi connectivity index (χ0n) is 17.2. The molecule has 1 aliphatic rings. The number of urea groups is 1. The molecule has 1 N–H and O–H groups in total. The summed E-state index contributed by atoms with van der Waals surface area (Å²) >= 11 is 12.4. The molecule has 7 nitrogen and oxygen atoms in total. The summed E-state index contributed by atoms with van der Waals surface area (Å²) < 4.78 is 11.0. The lowest BCUT2D eigenvalue weighted by atomic mass is 10.1. The third kappa shape index (κ3) is 4.57. The van der Waals surface area contributed by atoms with Gasteiger partial charge in [-0.05, 0) is 55.3 Å². The van der Waals surface area contributed by atoms with E-state index in [9.17, 15) is 14.4 Å². The molecule has 0 saturated carbocycles. The molecule has 0 spiro atoms. The fraction of sp³-hybridized carbons (Fsp3) is 0.174. The highest BCUT2D eigenvalue weighted by atomic mass is 35.5. The zero-order valence-corrected chi connectivity index (χ0v) is 18.7. The Morgan fingerprint density at radius 1 is 1.16 bits per heavy atom. The van der Waals surface area contributed by atoms with Gasteiger partial charge in [-0.25, -0.2) is 9.69 Å². The van der Waals surface area contributed by atoms with E-state index >= 15 is 0 Å². The number of anilines is 1. The molecule has 2 aromatic carbocycles. The fourth-order valence-corrected chi connectivity index (χ4v) is 3.51. The summed E-state index contributed by atoms with van der Waals surface area (Å²) in [5.41, 5.74) is 0.912. The number of carbonyl (C=O) groups excluding carboxylic acids is 3. The maximum Gasteiger partial charge on any atom is 0.335 e. The third-order valence-corrected chi connectivity index (χ3v) is 5.21. The summed E-state index contributed by atoms with van der Waals surface area (Å²) in [6.07, 6.45) is 6.55. The Bertz CT molecular complexity index is 1180. The van der Waals surface area contributed by atoms with Crippen LogP contribution in [0.15, 0.2) is 35.9 Å². The van der Waals surface area contributed by atoms with Gasteiger partial charge in [-0.15, -0.1) is 6.42 Å². The highest BCUT2D eigenvalue weighted by Gasteiger charge is 2.37. The number of rotatable bonds is 6. The number of barbiturate groups is 1. The molecule has 0 radical (unpaired) electrons. The molecule has 0 unspecified atom stereocenters. The minimum absolute atomic E-state index is 0.0167. The van der Waals surface area contributed by atoms with Crippen molar-refractivity contribution in [2.75, 3.05) is 18.1 Å². The standard InChI is InChI=1S/C23H18Cl2N2O5/c1-4-9-32-20-17(25)11-14(12-19(20)31-5-2)10-15-21(28)26-23(30)27(22(15)29)18-8-6-7-16(24)13(18)3/h1,6-8,10-12H,5,9H2,2-3H3,(H,26,28,30)/b15-10+. The summed E-state index contributed by atoms with van der Waals surface area (Å²) in [4.78, 5) is 38.9. The van der Waals surface area contributed by atoms with Crippen molar-refractivity contribution < 1.29 is 23.9 Å². The van der Waals surface area contributed by atoms with Gasteiger partial charge in [0.1, 0.15) is 12.2 Å². The Kier molecular flexibility index (Phi) is 7.08. The van der Waals surface area contributed by atoms with E-state index in [-0.39, 0.29) is 28.6 Å². The van der Waals surface area contributed by atoms with E-state index in [4.69, 9.17) is 39.1 Å². The van der Waals surface area contributed by atoms with Crippen molar-refractivity contribution in [1.29, 1.82) is 0 Å². The lowest BCUT2D eigenvalue weighted by Gasteiger charge is -2.27. The number of ether oxygens (including phenoxy) is 2. The molecule has 32 heavy (non-hydrogen) atoms. The van der Waals surface area contributed by atoms with Gasteiger partial charge in [-0.1, -0.05) is 35.2 Å². The molecule has 0 aromatic heterocycles. The molecule has 2 aromatic rings. The van der Waals surface area contributed by atoms with E-state index in [1.807, 2.05) is 0 Å². The van der Waals surface area contributed by atoms with Crippen LogP contribution < -0.4 is 19.7 Å². The van der Waals surface area contributed by atoms with Crippen LogP contribution in [-0.4, -0.2) is 31.1 Å². The maximum atomic E-state index is 13.1. The van der Waals surface area contributed by atoms with Crippen molar-refractivity contribution in [3.05, 3.63) is 57.1 Å². The van der Waals surface area contributed by atoms with E-state index in [2.05, 4.69) is 11.2 Å². The molecule has 0 aliphatic carbocycles. The van der Waals surface area contributed by atoms with Crippen LogP contribution in [0, 0.1) is 19.3 Å². The predicted octanol–water partition coefficient (Wildman–Crippen LogP) is 4.38. The van der Waals surface area contributed by atoms with Gasteiger partial charge in [0.25, 0.3) is 11.8 Å². The van der Waals surface area contributed by atoms with E-state index in [1.54, 1.807) is 38.1 Å². The minimum Gasteiger partial charge on any atom is -0.490 e. The largest absolute Gasteiger partial charge is 0.490 e. The van der Waals surface area contributed by atoms with Gasteiger partial charge in [-0.2, -0.15) is 0 Å². The average Bonchev–Trinajstić information content (AvgIpc) is 2.73. The van der Waals surface area contributed by atoms with Crippen LogP contribution in [0.2, 0.25) is 10.0 Å². The van der Waals surface area contributed by atoms with Crippen molar-refractivity contribution in [1.82, 2.24) is 5.32 Å². The van der Waals surface area contributed by atoms with Crippen molar-refractivity contribution in [2.45, 2.75) is 13.8 Å². The van der Waals surface area contributed by atoms with Gasteiger partial charge in [0.2, 0.25) is 0 Å². The van der Waals surface area contributed by atoms with E-state index in [1.165, 1.54) is 12.1 Å². The Labute approximate surface area is 194 Å². The van der Waals surface area contributed by atoms with Crippen molar-refractivity contribution >= 4 is 52.8 Å². The van der Waals surface area contributed by atoms with Gasteiger partial charge in [-0.3, -0.25) is 14.9 Å². The van der Waals surface area contributed by atoms with Crippen LogP contribution in [0.1, 0.15) is 18.1 Å². The number of nitrogens with zero attached hydrogens (tertiary/aromatic N) is 1. The highest BCUT2D eigenvalue weighted by molar-refractivity contribution is 6.40. The summed E-state index contributed by atoms with van der Waals surface area (Å²) in [7, 11) is 0. The van der Waals surface area contributed by atoms with Crippen LogP contribution in [0.5, 0.6) is 11.5 Å². The summed E-state index contributed by atoms with van der Waals surface area (Å²) in [6, 6.07) is 6.99. The smallest absolute Gasteiger partial charge is 0.335 e. The first kappa shape index (κ1) is 23.2. The van der Waals surface area contributed by atoms with Gasteiger partial charge in [0, 0.05) is 5.02 Å². The van der Waals surface area contributed by atoms with Crippen LogP contribution >= 0.6 is 23.2 Å². The molecule has 0 atom stereocenters. The molecular formula is C23H18Cl2N2O5. The Hall–Kier alpha value is -3.47. The number of carbonyl (C=O) groups is 3. The second-order valence-electron chi connectivity index (χ2n) is 6.60. The van der Waals surface area contributed by atoms with Gasteiger partial charge >= 0.3 is 6.03 Å². The summed E-state index contributed by atoms with van der Waals surface area (Å²) in [6.45, 7) is 3.75. The average molecular weight is 473 g/mol. The lowest BCUT2D eigenvalue weighted by Crippen LogP contribution is -2.54. The highest BCUT2D eigenvalue weighted by Crippen LogP contribution is 2.37. The quantitative estimate of drug-likeness (QED) is 0.383. The summed E-state index contributed by atoms with van der Waals surface area (Å²) in [5, 5.41) is 2.73. The molecule has 1 aliphatic heterocycles. The van der Waals surface area contributed by atoms with Gasteiger partial charge in [0.05, 0.1) is 17.3 Å². The Balaban J connectivity index is 2.06. The van der Waals surface area contributed by atoms with Crippen LogP contribution in [0.25, 0.3) is 6.08 Å². The number of hydrogen-bond donors (Lipinski definition) is 1. The van der Waals surface area contributed by atoms with Crippen LogP contribution in [0.3, 0.4) is 0 Å². The zero-order chi connectivity index (χ0) is 23.4. The van der Waals surface area contributed by atoms with Gasteiger partial charge in [0.15, 0.2) is 11.5 Å². The van der Waals surface area contributed by atoms with E-state index in [0.29, 0.717) is 28.5 Å². The first-order valence-electron chi connectivity index (χ1n) is 9.47. The number of halogens is 2. The molecule has 164 valence electrons. The third-order valence-electron chi connectivity index (χ3n) is 4.52. The number of amides is 4. The molecule has 4 amide bonds. The van der Waals surface area contributed by atoms with Crippen molar-refractivity contribution in [3.63, 3.8) is 0 Å². The molecule has 1 heterocycles. The van der Waals surface area contributed by atoms with Crippen LogP contribution in [-0.2, 0) is 9.59 Å². The van der Waals surface area contributed by atoms with E-state index in [0.717, 1.165) is 4.90 Å². The van der Waals surface area contributed by atoms with Gasteiger partial charge < -0.3 is 9.47 Å². The second kappa shape index (κ2) is 9.77. The number of terminal acetylenes is 1. The lowest BCUT2D eigenvalue weighted by molar-refractivity contribution is -0.122. The normalized spacial score (nSPS) is 14.9. The number of nitrogens with one attached hydrogen (secondary N) is 1. The van der Waals surface area contributed by atoms with E-state index < -0.39 is 17.8 Å². The SMILES string of the molecule is C#CCOc1c(Cl)cc(/C=C2\C(=O)NC(=O)N(c3cccc(Cl)c3C)C2=O)cc1OCC. The first-order valence-corrected chi connectivity index (χ1v) is 10.2. The molecule has 1 fully saturated rings. The summed E-state index contributed by atoms with van der Waals surface area (Å²) in [5.74, 6) is 1.25. The monoisotopic (exact) mass is 472 g/mol. The first-order chi connectivity index (χ1) is 15.3. The number of benzene rings is 2. The molecule has 0 bridgehead atoms. The maximum absolute atomic E-state index is 13.1. The molecule has 1 saturated heterocycles. The van der Waals surface area contributed by atoms with Crippen LogP contribution in [0.4, 0.5) is 10.5 Å². The fourth-order valence-electron chi connectivity index (χ4n) is 3.07. The molecule has 3 rings (SSSR count). The van der Waals surface area contributed by atoms with Crippen molar-refractivity contribution in [2.24, 2.45) is 0 Å². The van der Waals surface area contributed by atoms with Crippen molar-refractivity contribution in [3.8, 4) is 23.8 Å². The Morgan fingerprint density at radius 2 is 1.91 bits per heavy atom. The Morgan fingerprint density at radius 3 is 2.59 bits per heavy atom. The second-order valence-corrected chi connectivity index (χ2v) is 7.41. The number of hydrogen-bond acceptors (Lipinski definition) is 5. The number of imide groups is 2. The molecular weight excluding hydrogens is 455 g/mol. The molecule has 9 heteroatoms. The predicted molar refractivity (Wildman–Crippen MR) is 122 cm³/mol.